The van der Waals surface area contributed by atoms with Gasteiger partial charge in [0.05, 0.1) is 5.69 Å². The molecule has 1 atom stereocenters. The fraction of sp³-hybridized carbons (Fsp3) is 0.357. The Labute approximate surface area is 97.0 Å². The number of nitrogens with zero attached hydrogens (tertiary/aromatic N) is 2. The van der Waals surface area contributed by atoms with Crippen molar-refractivity contribution in [2.24, 2.45) is 0 Å². The van der Waals surface area contributed by atoms with Gasteiger partial charge in [-0.15, -0.1) is 0 Å². The van der Waals surface area contributed by atoms with E-state index in [0.29, 0.717) is 5.92 Å². The molecule has 1 radical (unpaired) electrons. The lowest BCUT2D eigenvalue weighted by Crippen LogP contribution is -2.07. The van der Waals surface area contributed by atoms with Crippen molar-refractivity contribution < 1.29 is 0 Å². The highest BCUT2D eigenvalue weighted by Gasteiger charge is 2.09. The van der Waals surface area contributed by atoms with Gasteiger partial charge in [0.1, 0.15) is 0 Å². The van der Waals surface area contributed by atoms with Crippen LogP contribution in [0.25, 0.3) is 0 Å². The van der Waals surface area contributed by atoms with E-state index in [-0.39, 0.29) is 0 Å². The summed E-state index contributed by atoms with van der Waals surface area (Å²) in [5.41, 5.74) is 3.64. The van der Waals surface area contributed by atoms with E-state index >= 15 is 0 Å². The molecule has 2 heteroatoms. The first-order valence-electron chi connectivity index (χ1n) is 5.65. The predicted octanol–water partition coefficient (Wildman–Crippen LogP) is 3.10. The molecule has 83 valence electrons. The summed E-state index contributed by atoms with van der Waals surface area (Å²) in [4.78, 5) is 4.20. The molecule has 1 unspecified atom stereocenters. The van der Waals surface area contributed by atoms with Gasteiger partial charge in [0.2, 0.25) is 0 Å². The molecule has 2 nitrogen and oxygen atoms in total. The summed E-state index contributed by atoms with van der Waals surface area (Å²) < 4.78 is 2.10. The van der Waals surface area contributed by atoms with E-state index in [9.17, 15) is 0 Å². The van der Waals surface area contributed by atoms with Crippen molar-refractivity contribution in [3.8, 4) is 0 Å². The van der Waals surface area contributed by atoms with Gasteiger partial charge in [-0.2, -0.15) is 0 Å². The number of imidazole rings is 1. The highest BCUT2D eigenvalue weighted by molar-refractivity contribution is 5.19. The predicted molar refractivity (Wildman–Crippen MR) is 65.4 cm³/mol. The van der Waals surface area contributed by atoms with Gasteiger partial charge in [0, 0.05) is 12.2 Å². The molecular formula is C14H17N2. The molecule has 0 aliphatic heterocycles. The molecule has 0 saturated heterocycles. The third-order valence-corrected chi connectivity index (χ3v) is 3.09. The maximum atomic E-state index is 4.20. The fourth-order valence-corrected chi connectivity index (χ4v) is 1.83. The third-order valence-electron chi connectivity index (χ3n) is 3.09. The molecule has 0 amide bonds. The summed E-state index contributed by atoms with van der Waals surface area (Å²) >= 11 is 0. The van der Waals surface area contributed by atoms with Gasteiger partial charge in [0.15, 0.2) is 6.33 Å². The second-order valence-corrected chi connectivity index (χ2v) is 4.30. The molecule has 0 aliphatic carbocycles. The van der Waals surface area contributed by atoms with Crippen LogP contribution in [0.15, 0.2) is 30.3 Å². The van der Waals surface area contributed by atoms with Crippen LogP contribution < -0.4 is 0 Å². The molecule has 1 aromatic heterocycles. The normalized spacial score (nSPS) is 12.7. The quantitative estimate of drug-likeness (QED) is 0.766. The first-order chi connectivity index (χ1) is 7.68. The molecule has 0 saturated carbocycles. The van der Waals surface area contributed by atoms with Crippen LogP contribution in [0, 0.1) is 20.2 Å². The van der Waals surface area contributed by atoms with E-state index in [1.807, 2.05) is 6.92 Å². The molecule has 0 N–H and O–H groups in total. The average Bonchev–Trinajstić information content (AvgIpc) is 2.62. The van der Waals surface area contributed by atoms with Gasteiger partial charge in [-0.25, -0.2) is 4.98 Å². The zero-order valence-corrected chi connectivity index (χ0v) is 10.1. The summed E-state index contributed by atoms with van der Waals surface area (Å²) in [6, 6.07) is 10.6. The minimum absolute atomic E-state index is 0.491. The highest BCUT2D eigenvalue weighted by atomic mass is 15.1. The fourth-order valence-electron chi connectivity index (χ4n) is 1.83. The zero-order chi connectivity index (χ0) is 11.5. The van der Waals surface area contributed by atoms with Crippen LogP contribution in [-0.4, -0.2) is 9.55 Å². The van der Waals surface area contributed by atoms with E-state index in [2.05, 4.69) is 60.1 Å². The van der Waals surface area contributed by atoms with Crippen molar-refractivity contribution in [3.05, 3.63) is 53.6 Å². The molecule has 0 fully saturated rings. The SMILES string of the molecule is Cc1n[c]n(CC(C)c2ccccc2)c1C. The van der Waals surface area contributed by atoms with E-state index in [0.717, 1.165) is 12.2 Å². The Balaban J connectivity index is 2.14. The molecule has 2 aromatic rings. The monoisotopic (exact) mass is 213 g/mol. The van der Waals surface area contributed by atoms with E-state index in [4.69, 9.17) is 0 Å². The number of benzene rings is 1. The smallest absolute Gasteiger partial charge is 0.176 e. The topological polar surface area (TPSA) is 17.8 Å². The molecular weight excluding hydrogens is 196 g/mol. The third kappa shape index (κ3) is 2.16. The first-order valence-corrected chi connectivity index (χ1v) is 5.65. The lowest BCUT2D eigenvalue weighted by Gasteiger charge is -2.13. The zero-order valence-electron chi connectivity index (χ0n) is 10.1. The van der Waals surface area contributed by atoms with Crippen molar-refractivity contribution in [2.75, 3.05) is 0 Å². The van der Waals surface area contributed by atoms with Crippen LogP contribution in [0.2, 0.25) is 0 Å². The molecule has 0 bridgehead atoms. The number of hydrogen-bond acceptors (Lipinski definition) is 1. The van der Waals surface area contributed by atoms with Crippen molar-refractivity contribution in [1.82, 2.24) is 9.55 Å². The van der Waals surface area contributed by atoms with E-state index in [1.165, 1.54) is 11.3 Å². The minimum atomic E-state index is 0.491. The van der Waals surface area contributed by atoms with Crippen molar-refractivity contribution in [2.45, 2.75) is 33.2 Å². The Morgan fingerprint density at radius 1 is 1.25 bits per heavy atom. The van der Waals surface area contributed by atoms with Crippen molar-refractivity contribution in [3.63, 3.8) is 0 Å². The average molecular weight is 213 g/mol. The number of rotatable bonds is 3. The maximum Gasteiger partial charge on any atom is 0.176 e. The lowest BCUT2D eigenvalue weighted by atomic mass is 10.0. The largest absolute Gasteiger partial charge is 0.325 e. The van der Waals surface area contributed by atoms with Gasteiger partial charge in [-0.3, -0.25) is 0 Å². The molecule has 0 aliphatic rings. The van der Waals surface area contributed by atoms with Gasteiger partial charge < -0.3 is 4.57 Å². The summed E-state index contributed by atoms with van der Waals surface area (Å²) in [6.45, 7) is 7.29. The lowest BCUT2D eigenvalue weighted by molar-refractivity contribution is 0.582. The second kappa shape index (κ2) is 4.52. The van der Waals surface area contributed by atoms with Crippen LogP contribution in [0.1, 0.15) is 29.8 Å². The Kier molecular flexibility index (Phi) is 3.09. The second-order valence-electron chi connectivity index (χ2n) is 4.30. The first kappa shape index (κ1) is 10.9. The van der Waals surface area contributed by atoms with Crippen LogP contribution >= 0.6 is 0 Å². The summed E-state index contributed by atoms with van der Waals surface area (Å²) in [7, 11) is 0. The molecule has 1 aromatic carbocycles. The van der Waals surface area contributed by atoms with Crippen LogP contribution in [0.3, 0.4) is 0 Å². The minimum Gasteiger partial charge on any atom is -0.325 e. The summed E-state index contributed by atoms with van der Waals surface area (Å²) in [5.74, 6) is 0.491. The Morgan fingerprint density at radius 2 is 1.94 bits per heavy atom. The number of hydrogen-bond donors (Lipinski definition) is 0. The van der Waals surface area contributed by atoms with Crippen LogP contribution in [0.4, 0.5) is 0 Å². The summed E-state index contributed by atoms with van der Waals surface area (Å²) in [5, 5.41) is 0. The van der Waals surface area contributed by atoms with Gasteiger partial charge in [0.25, 0.3) is 0 Å². The van der Waals surface area contributed by atoms with Gasteiger partial charge in [-0.1, -0.05) is 37.3 Å². The van der Waals surface area contributed by atoms with Crippen molar-refractivity contribution >= 4 is 0 Å². The van der Waals surface area contributed by atoms with Gasteiger partial charge >= 0.3 is 0 Å². The highest BCUT2D eigenvalue weighted by Crippen LogP contribution is 2.18. The van der Waals surface area contributed by atoms with Crippen LogP contribution in [-0.2, 0) is 6.54 Å². The Bertz CT molecular complexity index is 457. The summed E-state index contributed by atoms with van der Waals surface area (Å²) in [6.07, 6.45) is 3.04. The maximum absolute atomic E-state index is 4.20. The molecule has 0 spiro atoms. The van der Waals surface area contributed by atoms with Crippen molar-refractivity contribution in [1.29, 1.82) is 0 Å². The number of aromatic nitrogens is 2. The number of aryl methyl sites for hydroxylation is 1. The molecule has 16 heavy (non-hydrogen) atoms. The molecule has 1 heterocycles. The Hall–Kier alpha value is -1.57. The standard InChI is InChI=1S/C14H17N2/c1-11(14-7-5-4-6-8-14)9-16-10-15-12(2)13(16)3/h4-8,11H,9H2,1-3H3. The van der Waals surface area contributed by atoms with Crippen LogP contribution in [0.5, 0.6) is 0 Å². The van der Waals surface area contributed by atoms with E-state index < -0.39 is 0 Å². The van der Waals surface area contributed by atoms with E-state index in [1.54, 1.807) is 0 Å². The van der Waals surface area contributed by atoms with Gasteiger partial charge in [-0.05, 0) is 25.3 Å². The Morgan fingerprint density at radius 3 is 2.50 bits per heavy atom. The molecule has 2 rings (SSSR count).